The molecule has 2 aliphatic heterocycles. The van der Waals surface area contributed by atoms with Crippen molar-refractivity contribution in [3.8, 4) is 6.01 Å². The zero-order valence-corrected chi connectivity index (χ0v) is 17.6. The molecule has 1 saturated heterocycles. The van der Waals surface area contributed by atoms with Crippen molar-refractivity contribution >= 4 is 17.5 Å². The van der Waals surface area contributed by atoms with E-state index in [2.05, 4.69) is 51.4 Å². The van der Waals surface area contributed by atoms with E-state index >= 15 is 0 Å². The molecule has 8 heteroatoms. The number of nitrogens with one attached hydrogen (secondary N) is 1. The minimum absolute atomic E-state index is 0.196. The van der Waals surface area contributed by atoms with Crippen molar-refractivity contribution in [3.63, 3.8) is 0 Å². The Balaban J connectivity index is 1.41. The highest BCUT2D eigenvalue weighted by Gasteiger charge is 2.27. The number of hydrogen-bond acceptors (Lipinski definition) is 6. The molecule has 30 heavy (non-hydrogen) atoms. The third-order valence-electron chi connectivity index (χ3n) is 5.58. The number of nitrogen functional groups attached to an aromatic ring is 1. The van der Waals surface area contributed by atoms with Crippen LogP contribution in [0, 0.1) is 0 Å². The first-order chi connectivity index (χ1) is 14.6. The van der Waals surface area contributed by atoms with Crippen LogP contribution < -0.4 is 15.8 Å². The number of nitrogens with two attached hydrogens (primary N) is 1. The van der Waals surface area contributed by atoms with Gasteiger partial charge in [-0.05, 0) is 43.5 Å². The van der Waals surface area contributed by atoms with Gasteiger partial charge in [-0.15, -0.1) is 0 Å². The van der Waals surface area contributed by atoms with Crippen molar-refractivity contribution < 1.29 is 9.53 Å². The Bertz CT molecular complexity index is 880. The van der Waals surface area contributed by atoms with E-state index in [1.54, 1.807) is 4.90 Å². The highest BCUT2D eigenvalue weighted by Crippen LogP contribution is 2.29. The average Bonchev–Trinajstić information content (AvgIpc) is 3.24. The van der Waals surface area contributed by atoms with E-state index in [-0.39, 0.29) is 17.9 Å². The van der Waals surface area contributed by atoms with Crippen molar-refractivity contribution in [2.45, 2.75) is 52.2 Å². The molecule has 0 aliphatic carbocycles. The molecule has 1 aromatic heterocycles. The number of anilines is 2. The number of aromatic nitrogens is 2. The van der Waals surface area contributed by atoms with E-state index in [9.17, 15) is 4.79 Å². The molecular formula is C22H30N6O2. The normalized spacial score (nSPS) is 16.4. The van der Waals surface area contributed by atoms with Crippen molar-refractivity contribution in [1.82, 2.24) is 19.8 Å². The highest BCUT2D eigenvalue weighted by atomic mass is 16.5. The summed E-state index contributed by atoms with van der Waals surface area (Å²) in [6, 6.07) is 8.58. The molecule has 0 bridgehead atoms. The van der Waals surface area contributed by atoms with Gasteiger partial charge in [-0.1, -0.05) is 37.6 Å². The fraction of sp³-hybridized carbons (Fsp3) is 0.500. The summed E-state index contributed by atoms with van der Waals surface area (Å²) in [7, 11) is 0. The lowest BCUT2D eigenvalue weighted by Crippen LogP contribution is -2.39. The first-order valence-electron chi connectivity index (χ1n) is 10.8. The maximum absolute atomic E-state index is 12.6. The van der Waals surface area contributed by atoms with E-state index in [1.165, 1.54) is 31.5 Å². The fourth-order valence-corrected chi connectivity index (χ4v) is 3.86. The quantitative estimate of drug-likeness (QED) is 0.648. The number of unbranched alkanes of at least 4 members (excludes halogenated alkanes) is 1. The zero-order valence-electron chi connectivity index (χ0n) is 17.6. The van der Waals surface area contributed by atoms with Gasteiger partial charge in [0.1, 0.15) is 5.69 Å². The topological polar surface area (TPSA) is 96.6 Å². The Kier molecular flexibility index (Phi) is 6.32. The van der Waals surface area contributed by atoms with Crippen LogP contribution in [0.1, 0.15) is 49.4 Å². The number of hydrogen-bond donors (Lipinski definition) is 2. The molecule has 2 aromatic rings. The zero-order chi connectivity index (χ0) is 20.9. The van der Waals surface area contributed by atoms with Crippen LogP contribution in [-0.4, -0.2) is 45.5 Å². The predicted molar refractivity (Wildman–Crippen MR) is 116 cm³/mol. The van der Waals surface area contributed by atoms with Crippen molar-refractivity contribution in [2.24, 2.45) is 0 Å². The Morgan fingerprint density at radius 1 is 1.10 bits per heavy atom. The van der Waals surface area contributed by atoms with Crippen molar-refractivity contribution in [2.75, 3.05) is 30.7 Å². The molecule has 0 saturated carbocycles. The first-order valence-corrected chi connectivity index (χ1v) is 10.8. The highest BCUT2D eigenvalue weighted by molar-refractivity contribution is 5.94. The molecule has 0 atom stereocenters. The SMILES string of the molecule is CCCCOc1nc(N)c2c(n1)CN(Cc1ccc(CN3CCCC3)cc1)C(=O)N2. The van der Waals surface area contributed by atoms with Gasteiger partial charge in [0.2, 0.25) is 0 Å². The largest absolute Gasteiger partial charge is 0.463 e. The van der Waals surface area contributed by atoms with E-state index in [0.29, 0.717) is 31.1 Å². The summed E-state index contributed by atoms with van der Waals surface area (Å²) < 4.78 is 5.60. The lowest BCUT2D eigenvalue weighted by atomic mass is 10.1. The number of carbonyl (C=O) groups is 1. The molecule has 160 valence electrons. The Morgan fingerprint density at radius 3 is 2.50 bits per heavy atom. The van der Waals surface area contributed by atoms with E-state index in [1.807, 2.05) is 0 Å². The van der Waals surface area contributed by atoms with E-state index in [0.717, 1.165) is 24.9 Å². The van der Waals surface area contributed by atoms with Crippen LogP contribution in [0.25, 0.3) is 0 Å². The molecular weight excluding hydrogens is 380 g/mol. The van der Waals surface area contributed by atoms with Crippen LogP contribution in [0.3, 0.4) is 0 Å². The smallest absolute Gasteiger partial charge is 0.322 e. The van der Waals surface area contributed by atoms with Gasteiger partial charge in [0.25, 0.3) is 0 Å². The molecule has 3 N–H and O–H groups in total. The molecule has 4 rings (SSSR count). The van der Waals surface area contributed by atoms with Gasteiger partial charge in [0.05, 0.1) is 18.8 Å². The molecule has 3 heterocycles. The lowest BCUT2D eigenvalue weighted by molar-refractivity contribution is 0.202. The molecule has 8 nitrogen and oxygen atoms in total. The number of likely N-dealkylation sites (tertiary alicyclic amines) is 1. The molecule has 0 spiro atoms. The number of rotatable bonds is 8. The third-order valence-corrected chi connectivity index (χ3v) is 5.58. The standard InChI is InChI=1S/C22H30N6O2/c1-2-3-12-30-21-24-18-15-28(22(29)25-19(18)20(23)26-21)14-17-8-6-16(7-9-17)13-27-10-4-5-11-27/h6-9H,2-5,10-15H2,1H3,(H,25,29)(H2,23,24,26). The summed E-state index contributed by atoms with van der Waals surface area (Å²) in [5, 5.41) is 2.83. The van der Waals surface area contributed by atoms with Gasteiger partial charge < -0.3 is 20.7 Å². The third kappa shape index (κ3) is 4.81. The molecule has 2 aliphatic rings. The number of amides is 2. The van der Waals surface area contributed by atoms with Crippen LogP contribution in [0.5, 0.6) is 6.01 Å². The van der Waals surface area contributed by atoms with Gasteiger partial charge in [-0.2, -0.15) is 9.97 Å². The second-order valence-corrected chi connectivity index (χ2v) is 8.00. The van der Waals surface area contributed by atoms with Crippen LogP contribution in [0.15, 0.2) is 24.3 Å². The molecule has 1 aromatic carbocycles. The number of benzene rings is 1. The lowest BCUT2D eigenvalue weighted by Gasteiger charge is -2.29. The fourth-order valence-electron chi connectivity index (χ4n) is 3.86. The van der Waals surface area contributed by atoms with Crippen LogP contribution in [0.2, 0.25) is 0 Å². The summed E-state index contributed by atoms with van der Waals surface area (Å²) in [6.07, 6.45) is 4.55. The summed E-state index contributed by atoms with van der Waals surface area (Å²) >= 11 is 0. The Hall–Kier alpha value is -2.87. The van der Waals surface area contributed by atoms with E-state index < -0.39 is 0 Å². The summed E-state index contributed by atoms with van der Waals surface area (Å²) in [4.78, 5) is 25.4. The summed E-state index contributed by atoms with van der Waals surface area (Å²) in [6.45, 7) is 6.88. The molecule has 2 amide bonds. The van der Waals surface area contributed by atoms with Crippen LogP contribution in [0.4, 0.5) is 16.3 Å². The van der Waals surface area contributed by atoms with Gasteiger partial charge >= 0.3 is 12.0 Å². The second kappa shape index (κ2) is 9.30. The van der Waals surface area contributed by atoms with E-state index in [4.69, 9.17) is 10.5 Å². The molecule has 0 radical (unpaired) electrons. The van der Waals surface area contributed by atoms with Crippen molar-refractivity contribution in [1.29, 1.82) is 0 Å². The minimum Gasteiger partial charge on any atom is -0.463 e. The van der Waals surface area contributed by atoms with Gasteiger partial charge in [0, 0.05) is 13.1 Å². The summed E-state index contributed by atoms with van der Waals surface area (Å²) in [5.74, 6) is 0.241. The van der Waals surface area contributed by atoms with Crippen molar-refractivity contribution in [3.05, 3.63) is 41.1 Å². The number of fused-ring (bicyclic) bond motifs is 1. The van der Waals surface area contributed by atoms with Crippen LogP contribution in [-0.2, 0) is 19.6 Å². The number of ether oxygens (including phenoxy) is 1. The summed E-state index contributed by atoms with van der Waals surface area (Å²) in [5.41, 5.74) is 9.58. The predicted octanol–water partition coefficient (Wildman–Crippen LogP) is 3.38. The molecule has 0 unspecified atom stereocenters. The Labute approximate surface area is 177 Å². The monoisotopic (exact) mass is 410 g/mol. The van der Waals surface area contributed by atoms with Crippen LogP contribution >= 0.6 is 0 Å². The second-order valence-electron chi connectivity index (χ2n) is 8.00. The number of nitrogens with zero attached hydrogens (tertiary/aromatic N) is 4. The number of carbonyl (C=O) groups excluding carboxylic acids is 1. The number of urea groups is 1. The van der Waals surface area contributed by atoms with Gasteiger partial charge in [-0.25, -0.2) is 4.79 Å². The minimum atomic E-state index is -0.196. The maximum atomic E-state index is 12.6. The average molecular weight is 411 g/mol. The maximum Gasteiger partial charge on any atom is 0.322 e. The molecule has 1 fully saturated rings. The van der Waals surface area contributed by atoms with Gasteiger partial charge in [-0.3, -0.25) is 4.90 Å². The van der Waals surface area contributed by atoms with Gasteiger partial charge in [0.15, 0.2) is 5.82 Å². The first kappa shape index (κ1) is 20.4. The Morgan fingerprint density at radius 2 is 1.80 bits per heavy atom.